The molecule has 1 saturated heterocycles. The zero-order chi connectivity index (χ0) is 15.6. The van der Waals surface area contributed by atoms with Gasteiger partial charge >= 0.3 is 0 Å². The second-order valence-electron chi connectivity index (χ2n) is 6.16. The van der Waals surface area contributed by atoms with Crippen LogP contribution in [0.2, 0.25) is 0 Å². The third-order valence-electron chi connectivity index (χ3n) is 4.17. The number of sulfonamides is 1. The van der Waals surface area contributed by atoms with Crippen LogP contribution in [0.4, 0.5) is 0 Å². The minimum absolute atomic E-state index is 0.0962. The normalized spacial score (nSPS) is 21.1. The minimum atomic E-state index is -3.38. The monoisotopic (exact) mass is 313 g/mol. The quantitative estimate of drug-likeness (QED) is 0.908. The first kappa shape index (κ1) is 16.5. The molecule has 21 heavy (non-hydrogen) atoms. The van der Waals surface area contributed by atoms with Crippen molar-refractivity contribution in [3.05, 3.63) is 18.0 Å². The van der Waals surface area contributed by atoms with Gasteiger partial charge in [-0.25, -0.2) is 8.42 Å². The summed E-state index contributed by atoms with van der Waals surface area (Å²) in [5.74, 6) is 0. The van der Waals surface area contributed by atoms with Crippen LogP contribution in [0.1, 0.15) is 51.8 Å². The van der Waals surface area contributed by atoms with Gasteiger partial charge in [0, 0.05) is 37.1 Å². The molecule has 0 spiro atoms. The first-order valence-electron chi connectivity index (χ1n) is 7.75. The Balaban J connectivity index is 2.37. The molecule has 1 fully saturated rings. The van der Waals surface area contributed by atoms with Crippen LogP contribution in [0, 0.1) is 0 Å². The summed E-state index contributed by atoms with van der Waals surface area (Å²) in [6.07, 6.45) is 4.81. The van der Waals surface area contributed by atoms with E-state index in [0.29, 0.717) is 18.0 Å². The highest BCUT2D eigenvalue weighted by Gasteiger charge is 2.32. The fraction of sp³-hybridized carbons (Fsp3) is 0.733. The average molecular weight is 313 g/mol. The molecule has 1 unspecified atom stereocenters. The maximum atomic E-state index is 12.9. The zero-order valence-corrected chi connectivity index (χ0v) is 14.3. The minimum Gasteiger partial charge on any atom is -0.346 e. The molecule has 0 radical (unpaired) electrons. The van der Waals surface area contributed by atoms with Crippen LogP contribution in [-0.2, 0) is 16.6 Å². The van der Waals surface area contributed by atoms with Gasteiger partial charge < -0.3 is 9.88 Å². The second kappa shape index (κ2) is 6.50. The number of nitrogens with zero attached hydrogens (tertiary/aromatic N) is 2. The molecule has 2 heterocycles. The van der Waals surface area contributed by atoms with Gasteiger partial charge in [0.2, 0.25) is 10.0 Å². The molecular formula is C15H27N3O2S. The van der Waals surface area contributed by atoms with Crippen molar-refractivity contribution in [2.75, 3.05) is 13.6 Å². The van der Waals surface area contributed by atoms with Crippen molar-refractivity contribution in [3.8, 4) is 0 Å². The van der Waals surface area contributed by atoms with Crippen molar-refractivity contribution in [3.63, 3.8) is 0 Å². The van der Waals surface area contributed by atoms with E-state index in [-0.39, 0.29) is 12.1 Å². The number of aromatic nitrogens is 1. The summed E-state index contributed by atoms with van der Waals surface area (Å²) < 4.78 is 29.5. The lowest BCUT2D eigenvalue weighted by molar-refractivity contribution is 0.268. The first-order valence-corrected chi connectivity index (χ1v) is 9.19. The summed E-state index contributed by atoms with van der Waals surface area (Å²) in [6.45, 7) is 7.45. The smallest absolute Gasteiger partial charge is 0.244 e. The van der Waals surface area contributed by atoms with Gasteiger partial charge in [0.1, 0.15) is 4.90 Å². The largest absolute Gasteiger partial charge is 0.346 e. The van der Waals surface area contributed by atoms with E-state index in [1.165, 1.54) is 0 Å². The third kappa shape index (κ3) is 3.33. The number of nitrogens with one attached hydrogen (secondary N) is 1. The standard InChI is InChI=1S/C15H27N3O2S/c1-12(2)17-11-15(9-14(17)10-16-4)21(19,20)18-8-6-5-7-13(18)3/h9,11-13,16H,5-8,10H2,1-4H3. The molecule has 1 aliphatic heterocycles. The van der Waals surface area contributed by atoms with Crippen LogP contribution in [0.25, 0.3) is 0 Å². The Morgan fingerprint density at radius 2 is 2.10 bits per heavy atom. The molecule has 0 aliphatic carbocycles. The Kier molecular flexibility index (Phi) is 5.11. The van der Waals surface area contributed by atoms with Crippen molar-refractivity contribution in [2.24, 2.45) is 0 Å². The molecule has 1 aromatic heterocycles. The van der Waals surface area contributed by atoms with Crippen LogP contribution < -0.4 is 5.32 Å². The zero-order valence-electron chi connectivity index (χ0n) is 13.5. The molecule has 5 nitrogen and oxygen atoms in total. The highest BCUT2D eigenvalue weighted by Crippen LogP contribution is 2.27. The SMILES string of the molecule is CNCc1cc(S(=O)(=O)N2CCCCC2C)cn1C(C)C. The molecule has 0 bridgehead atoms. The highest BCUT2D eigenvalue weighted by molar-refractivity contribution is 7.89. The Morgan fingerprint density at radius 1 is 1.38 bits per heavy atom. The summed E-state index contributed by atoms with van der Waals surface area (Å²) in [5.41, 5.74) is 1.01. The van der Waals surface area contributed by atoms with Gasteiger partial charge in [-0.15, -0.1) is 0 Å². The van der Waals surface area contributed by atoms with Gasteiger partial charge in [0.15, 0.2) is 0 Å². The first-order chi connectivity index (χ1) is 9.87. The van der Waals surface area contributed by atoms with Crippen LogP contribution in [0.15, 0.2) is 17.2 Å². The Morgan fingerprint density at radius 3 is 2.67 bits per heavy atom. The van der Waals surface area contributed by atoms with Gasteiger partial charge in [0.05, 0.1) is 0 Å². The molecule has 1 atom stereocenters. The molecule has 0 amide bonds. The van der Waals surface area contributed by atoms with E-state index in [2.05, 4.69) is 19.2 Å². The van der Waals surface area contributed by atoms with E-state index in [4.69, 9.17) is 0 Å². The molecule has 6 heteroatoms. The lowest BCUT2D eigenvalue weighted by Gasteiger charge is -2.31. The van der Waals surface area contributed by atoms with Gasteiger partial charge in [-0.3, -0.25) is 0 Å². The van der Waals surface area contributed by atoms with E-state index in [0.717, 1.165) is 25.0 Å². The number of piperidine rings is 1. The number of hydrogen-bond donors (Lipinski definition) is 1. The van der Waals surface area contributed by atoms with Crippen LogP contribution in [0.3, 0.4) is 0 Å². The molecule has 120 valence electrons. The summed E-state index contributed by atoms with van der Waals surface area (Å²) in [5, 5.41) is 3.10. The van der Waals surface area contributed by atoms with Crippen molar-refractivity contribution in [1.82, 2.24) is 14.2 Å². The van der Waals surface area contributed by atoms with Crippen LogP contribution in [-0.4, -0.2) is 36.9 Å². The maximum absolute atomic E-state index is 12.9. The Hall–Kier alpha value is -0.850. The predicted molar refractivity (Wildman–Crippen MR) is 84.8 cm³/mol. The molecular weight excluding hydrogens is 286 g/mol. The summed E-state index contributed by atoms with van der Waals surface area (Å²) in [7, 11) is -1.51. The Labute approximate surface area is 128 Å². The molecule has 1 N–H and O–H groups in total. The van der Waals surface area contributed by atoms with Crippen LogP contribution >= 0.6 is 0 Å². The van der Waals surface area contributed by atoms with E-state index in [9.17, 15) is 8.42 Å². The van der Waals surface area contributed by atoms with Crippen molar-refractivity contribution in [1.29, 1.82) is 0 Å². The maximum Gasteiger partial charge on any atom is 0.244 e. The van der Waals surface area contributed by atoms with Crippen molar-refractivity contribution in [2.45, 2.75) is 63.6 Å². The second-order valence-corrected chi connectivity index (χ2v) is 8.05. The van der Waals surface area contributed by atoms with Gasteiger partial charge in [-0.1, -0.05) is 6.42 Å². The van der Waals surface area contributed by atoms with E-state index in [1.54, 1.807) is 10.5 Å². The van der Waals surface area contributed by atoms with Crippen molar-refractivity contribution >= 4 is 10.0 Å². The molecule has 2 rings (SSSR count). The highest BCUT2D eigenvalue weighted by atomic mass is 32.2. The molecule has 1 aliphatic rings. The number of rotatable bonds is 5. The fourth-order valence-electron chi connectivity index (χ4n) is 3.01. The molecule has 1 aromatic rings. The predicted octanol–water partition coefficient (Wildman–Crippen LogP) is 2.35. The topological polar surface area (TPSA) is 54.3 Å². The fourth-order valence-corrected chi connectivity index (χ4v) is 4.76. The van der Waals surface area contributed by atoms with Crippen molar-refractivity contribution < 1.29 is 8.42 Å². The van der Waals surface area contributed by atoms with E-state index < -0.39 is 10.0 Å². The summed E-state index contributed by atoms with van der Waals surface area (Å²) >= 11 is 0. The van der Waals surface area contributed by atoms with Gasteiger partial charge in [-0.05, 0) is 46.7 Å². The van der Waals surface area contributed by atoms with Gasteiger partial charge in [-0.2, -0.15) is 4.31 Å². The molecule has 0 aromatic carbocycles. The lowest BCUT2D eigenvalue weighted by atomic mass is 10.1. The summed E-state index contributed by atoms with van der Waals surface area (Å²) in [4.78, 5) is 0.426. The number of hydrogen-bond acceptors (Lipinski definition) is 3. The Bertz CT molecular complexity index is 578. The average Bonchev–Trinajstić information content (AvgIpc) is 2.84. The van der Waals surface area contributed by atoms with Crippen LogP contribution in [0.5, 0.6) is 0 Å². The molecule has 0 saturated carbocycles. The van der Waals surface area contributed by atoms with E-state index in [1.807, 2.05) is 24.6 Å². The summed E-state index contributed by atoms with van der Waals surface area (Å²) in [6, 6.07) is 2.16. The van der Waals surface area contributed by atoms with Gasteiger partial charge in [0.25, 0.3) is 0 Å². The third-order valence-corrected chi connectivity index (χ3v) is 6.15. The lowest BCUT2D eigenvalue weighted by Crippen LogP contribution is -2.41. The van der Waals surface area contributed by atoms with E-state index >= 15 is 0 Å².